The molecule has 0 spiro atoms. The molecule has 0 saturated carbocycles. The maximum Gasteiger partial charge on any atom is 0.362 e. The molecule has 1 N–H and O–H groups in total. The predicted octanol–water partition coefficient (Wildman–Crippen LogP) is 2.77. The van der Waals surface area contributed by atoms with Crippen LogP contribution in [-0.2, 0) is 12.5 Å². The Kier molecular flexibility index (Phi) is 2.69. The number of aromatic hydroxyl groups is 1. The van der Waals surface area contributed by atoms with Crippen molar-refractivity contribution in [1.29, 1.82) is 0 Å². The van der Waals surface area contributed by atoms with Crippen LogP contribution in [0.2, 0.25) is 0 Å². The van der Waals surface area contributed by atoms with Crippen molar-refractivity contribution >= 4 is 0 Å². The topological polar surface area (TPSA) is 37.2 Å². The Morgan fingerprint density at radius 1 is 1.12 bits per heavy atom. The lowest BCUT2D eigenvalue weighted by atomic mass is 9.96. The minimum atomic E-state index is -0.140. The van der Waals surface area contributed by atoms with Crippen LogP contribution < -0.4 is 4.57 Å². The summed E-state index contributed by atoms with van der Waals surface area (Å²) < 4.78 is 7.39. The van der Waals surface area contributed by atoms with Crippen LogP contribution in [0.25, 0.3) is 11.3 Å². The van der Waals surface area contributed by atoms with E-state index < -0.39 is 0 Å². The summed E-state index contributed by atoms with van der Waals surface area (Å²) in [5.41, 5.74) is 1.53. The summed E-state index contributed by atoms with van der Waals surface area (Å²) in [4.78, 5) is 0. The van der Waals surface area contributed by atoms with Gasteiger partial charge in [-0.3, -0.25) is 0 Å². The first-order chi connectivity index (χ1) is 7.91. The number of benzene rings is 1. The van der Waals surface area contributed by atoms with Gasteiger partial charge in [0.05, 0.1) is 11.0 Å². The van der Waals surface area contributed by atoms with Gasteiger partial charge < -0.3 is 9.52 Å². The lowest BCUT2D eigenvalue weighted by Crippen LogP contribution is -2.38. The molecular formula is C14H18NO2+. The van der Waals surface area contributed by atoms with Gasteiger partial charge in [-0.05, 0) is 32.9 Å². The number of oxazole rings is 1. The summed E-state index contributed by atoms with van der Waals surface area (Å²) in [6, 6.07) is 9.75. The van der Waals surface area contributed by atoms with Crippen LogP contribution >= 0.6 is 0 Å². The first-order valence-electron chi connectivity index (χ1n) is 5.69. The van der Waals surface area contributed by atoms with E-state index in [9.17, 15) is 5.11 Å². The molecule has 0 aliphatic heterocycles. The highest BCUT2D eigenvalue weighted by molar-refractivity contribution is 5.60. The van der Waals surface area contributed by atoms with Crippen LogP contribution in [0, 0.1) is 0 Å². The summed E-state index contributed by atoms with van der Waals surface area (Å²) in [5.74, 6) is 0.734. The molecule has 0 aliphatic rings. The summed E-state index contributed by atoms with van der Waals surface area (Å²) in [7, 11) is 1.91. The van der Waals surface area contributed by atoms with E-state index in [1.54, 1.807) is 0 Å². The second kappa shape index (κ2) is 3.91. The lowest BCUT2D eigenvalue weighted by molar-refractivity contribution is -0.676. The van der Waals surface area contributed by atoms with Gasteiger partial charge in [-0.25, -0.2) is 0 Å². The maximum atomic E-state index is 9.94. The molecule has 3 heteroatoms. The summed E-state index contributed by atoms with van der Waals surface area (Å²) in [6.45, 7) is 6.17. The predicted molar refractivity (Wildman–Crippen MR) is 65.7 cm³/mol. The van der Waals surface area contributed by atoms with E-state index in [0.29, 0.717) is 0 Å². The molecule has 2 aromatic rings. The van der Waals surface area contributed by atoms with Gasteiger partial charge in [0.15, 0.2) is 0 Å². The van der Waals surface area contributed by atoms with Crippen molar-refractivity contribution in [2.75, 3.05) is 0 Å². The Hall–Kier alpha value is -1.77. The van der Waals surface area contributed by atoms with Crippen LogP contribution in [0.5, 0.6) is 5.95 Å². The van der Waals surface area contributed by atoms with Gasteiger partial charge in [-0.1, -0.05) is 18.2 Å². The van der Waals surface area contributed by atoms with E-state index in [0.717, 1.165) is 17.1 Å². The first kappa shape index (κ1) is 11.7. The van der Waals surface area contributed by atoms with Crippen molar-refractivity contribution in [2.45, 2.75) is 26.2 Å². The molecule has 0 bridgehead atoms. The van der Waals surface area contributed by atoms with E-state index >= 15 is 0 Å². The van der Waals surface area contributed by atoms with Crippen LogP contribution in [0.1, 0.15) is 26.7 Å². The smallest absolute Gasteiger partial charge is 0.362 e. The Morgan fingerprint density at radius 2 is 1.71 bits per heavy atom. The first-order valence-corrected chi connectivity index (χ1v) is 5.69. The second-order valence-corrected chi connectivity index (χ2v) is 5.24. The van der Waals surface area contributed by atoms with E-state index in [1.165, 1.54) is 0 Å². The average molecular weight is 232 g/mol. The van der Waals surface area contributed by atoms with Crippen molar-refractivity contribution in [2.24, 2.45) is 7.05 Å². The van der Waals surface area contributed by atoms with E-state index in [-0.39, 0.29) is 11.4 Å². The zero-order chi connectivity index (χ0) is 12.6. The SMILES string of the molecule is C[n+]1c(C(C)(C)C)oc(O)c1-c1ccccc1. The van der Waals surface area contributed by atoms with Crippen molar-refractivity contribution in [3.8, 4) is 17.2 Å². The van der Waals surface area contributed by atoms with Gasteiger partial charge in [0.2, 0.25) is 0 Å². The largest absolute Gasteiger partial charge is 0.476 e. The Bertz CT molecular complexity index is 521. The molecule has 1 aromatic carbocycles. The fraction of sp³-hybridized carbons (Fsp3) is 0.357. The van der Waals surface area contributed by atoms with Gasteiger partial charge >= 0.3 is 11.8 Å². The molecule has 1 aromatic heterocycles. The molecule has 0 saturated heterocycles. The number of aromatic nitrogens is 1. The van der Waals surface area contributed by atoms with Gasteiger partial charge in [0, 0.05) is 0 Å². The number of rotatable bonds is 1. The summed E-state index contributed by atoms with van der Waals surface area (Å²) >= 11 is 0. The minimum Gasteiger partial charge on any atom is -0.476 e. The van der Waals surface area contributed by atoms with E-state index in [4.69, 9.17) is 4.42 Å². The highest BCUT2D eigenvalue weighted by Crippen LogP contribution is 2.31. The van der Waals surface area contributed by atoms with Crippen molar-refractivity contribution in [1.82, 2.24) is 0 Å². The highest BCUT2D eigenvalue weighted by atomic mass is 16.5. The molecule has 0 radical (unpaired) electrons. The molecule has 0 fully saturated rings. The summed E-state index contributed by atoms with van der Waals surface area (Å²) in [5, 5.41) is 9.94. The van der Waals surface area contributed by atoms with Crippen LogP contribution in [-0.4, -0.2) is 5.11 Å². The molecule has 1 heterocycles. The molecule has 0 atom stereocenters. The van der Waals surface area contributed by atoms with Crippen LogP contribution in [0.4, 0.5) is 0 Å². The van der Waals surface area contributed by atoms with Gasteiger partial charge in [-0.15, -0.1) is 0 Å². The Balaban J connectivity index is 2.61. The monoisotopic (exact) mass is 232 g/mol. The lowest BCUT2D eigenvalue weighted by Gasteiger charge is -2.09. The van der Waals surface area contributed by atoms with Crippen molar-refractivity contribution in [3.63, 3.8) is 0 Å². The van der Waals surface area contributed by atoms with E-state index in [2.05, 4.69) is 20.8 Å². The molecule has 2 rings (SSSR count). The van der Waals surface area contributed by atoms with Gasteiger partial charge in [-0.2, -0.15) is 4.57 Å². The molecule has 0 amide bonds. The fourth-order valence-corrected chi connectivity index (χ4v) is 2.02. The van der Waals surface area contributed by atoms with Crippen molar-refractivity contribution < 1.29 is 14.1 Å². The molecular weight excluding hydrogens is 214 g/mol. The zero-order valence-corrected chi connectivity index (χ0v) is 10.7. The van der Waals surface area contributed by atoms with Crippen molar-refractivity contribution in [3.05, 3.63) is 36.2 Å². The molecule has 0 aliphatic carbocycles. The summed E-state index contributed by atoms with van der Waals surface area (Å²) in [6.07, 6.45) is 0. The number of hydrogen-bond donors (Lipinski definition) is 1. The maximum absolute atomic E-state index is 9.94. The zero-order valence-electron chi connectivity index (χ0n) is 10.7. The second-order valence-electron chi connectivity index (χ2n) is 5.24. The third-order valence-electron chi connectivity index (χ3n) is 2.72. The van der Waals surface area contributed by atoms with Gasteiger partial charge in [0.25, 0.3) is 5.69 Å². The van der Waals surface area contributed by atoms with Gasteiger partial charge in [0.1, 0.15) is 7.05 Å². The molecule has 0 unspecified atom stereocenters. The molecule has 90 valence electrons. The highest BCUT2D eigenvalue weighted by Gasteiger charge is 2.35. The minimum absolute atomic E-state index is 0.0244. The molecule has 17 heavy (non-hydrogen) atoms. The third kappa shape index (κ3) is 2.05. The normalized spacial score (nSPS) is 11.8. The quantitative estimate of drug-likeness (QED) is 0.768. The van der Waals surface area contributed by atoms with Crippen LogP contribution in [0.3, 0.4) is 0 Å². The Morgan fingerprint density at radius 3 is 2.18 bits per heavy atom. The third-order valence-corrected chi connectivity index (χ3v) is 2.72. The van der Waals surface area contributed by atoms with E-state index in [1.807, 2.05) is 41.9 Å². The standard InChI is InChI=1S/C14H17NO2/c1-14(2,3)13-15(4)11(12(16)17-13)10-8-6-5-7-9-10/h5-9H,1-4H3/p+1. The van der Waals surface area contributed by atoms with Crippen LogP contribution in [0.15, 0.2) is 34.7 Å². The average Bonchev–Trinajstić information content (AvgIpc) is 2.55. The Labute approximate surface area is 101 Å². The number of nitrogens with zero attached hydrogens (tertiary/aromatic N) is 1. The number of hydrogen-bond acceptors (Lipinski definition) is 2. The molecule has 3 nitrogen and oxygen atoms in total. The fourth-order valence-electron chi connectivity index (χ4n) is 2.02.